The van der Waals surface area contributed by atoms with Crippen LogP contribution in [0.25, 0.3) is 0 Å². The Hall–Kier alpha value is -5.67. The number of carbonyl (C=O) groups is 11. The number of aliphatic hydroxyl groups excluding tert-OH is 1. The van der Waals surface area contributed by atoms with Crippen molar-refractivity contribution < 1.29 is 73.2 Å². The molecule has 0 aromatic heterocycles. The van der Waals surface area contributed by atoms with E-state index in [0.29, 0.717) is 12.8 Å². The Balaban J connectivity index is 3.15. The third-order valence-electron chi connectivity index (χ3n) is 8.34. The molecule has 308 valence electrons. The van der Waals surface area contributed by atoms with Crippen molar-refractivity contribution in [3.63, 3.8) is 0 Å². The number of ketones is 1. The molecule has 6 unspecified atom stereocenters. The fraction of sp³-hybridized carbons (Fsp3) is 0.667. The first kappa shape index (κ1) is 47.4. The van der Waals surface area contributed by atoms with Crippen molar-refractivity contribution in [3.05, 3.63) is 0 Å². The molecule has 0 aromatic carbocycles. The van der Waals surface area contributed by atoms with Gasteiger partial charge in [-0.2, -0.15) is 0 Å². The smallest absolute Gasteiger partial charge is 0.322 e. The zero-order valence-electron chi connectivity index (χ0n) is 31.0. The number of likely N-dealkylation sites (tertiary alicyclic amines) is 1. The topological polar surface area (TPSA) is 344 Å². The second kappa shape index (κ2) is 23.2. The highest BCUT2D eigenvalue weighted by molar-refractivity contribution is 6.38. The van der Waals surface area contributed by atoms with E-state index in [0.717, 1.165) is 6.92 Å². The van der Waals surface area contributed by atoms with E-state index >= 15 is 0 Å². The molecule has 1 aliphatic rings. The number of rotatable bonds is 24. The molecule has 10 N–H and O–H groups in total. The Morgan fingerprint density at radius 3 is 1.69 bits per heavy atom. The van der Waals surface area contributed by atoms with Gasteiger partial charge in [0.25, 0.3) is 5.91 Å². The van der Waals surface area contributed by atoms with Gasteiger partial charge in [-0.05, 0) is 38.0 Å². The molecule has 1 heterocycles. The highest BCUT2D eigenvalue weighted by atomic mass is 16.4. The first-order chi connectivity index (χ1) is 25.7. The predicted molar refractivity (Wildman–Crippen MR) is 186 cm³/mol. The van der Waals surface area contributed by atoms with Crippen molar-refractivity contribution in [1.29, 1.82) is 0 Å². The van der Waals surface area contributed by atoms with Crippen LogP contribution in [-0.4, -0.2) is 146 Å². The Kier molecular flexibility index (Phi) is 20.0. The number of aliphatic hydroxyl groups is 1. The summed E-state index contributed by atoms with van der Waals surface area (Å²) in [6, 6.07) is -8.55. The van der Waals surface area contributed by atoms with Gasteiger partial charge in [-0.3, -0.25) is 52.7 Å². The van der Waals surface area contributed by atoms with Crippen LogP contribution in [0.1, 0.15) is 79.1 Å². The number of amides is 7. The van der Waals surface area contributed by atoms with Crippen LogP contribution in [0, 0.1) is 5.92 Å². The minimum absolute atomic E-state index is 0.0339. The Morgan fingerprint density at radius 2 is 1.22 bits per heavy atom. The fourth-order valence-electron chi connectivity index (χ4n) is 5.53. The summed E-state index contributed by atoms with van der Waals surface area (Å²) in [5.41, 5.74) is 0. The molecule has 1 fully saturated rings. The lowest BCUT2D eigenvalue weighted by Gasteiger charge is -2.32. The summed E-state index contributed by atoms with van der Waals surface area (Å²) in [5.74, 6) is -12.3. The standard InChI is InChI=1S/C33H51N7O15/c1-5-7-18(27(49)32(54)34-14-25(47)48)36-31(53)22-8-6-13-40(22)33(55)26(16(2)3)39-30(52)21(15-41)38-29(51)20(10-12-24(45)46)37-28(50)19(35-17(4)42)9-11-23(43)44/h16,18-22,26,41H,5-15H2,1-4H3,(H,34,54)(H,35,42)(H,36,53)(H,37,50)(H,38,51)(H,39,52)(H,43,44)(H,45,46)(H,47,48). The number of carboxylic acid groups (broad SMARTS) is 3. The molecule has 0 spiro atoms. The molecular formula is C33H51N7O15. The van der Waals surface area contributed by atoms with Crippen molar-refractivity contribution in [2.45, 2.75) is 115 Å². The Labute approximate surface area is 315 Å². The summed E-state index contributed by atoms with van der Waals surface area (Å²) < 4.78 is 0. The molecule has 0 aromatic rings. The van der Waals surface area contributed by atoms with Crippen molar-refractivity contribution in [2.75, 3.05) is 19.7 Å². The van der Waals surface area contributed by atoms with E-state index in [9.17, 15) is 63.0 Å². The highest BCUT2D eigenvalue weighted by Gasteiger charge is 2.41. The first-order valence-corrected chi connectivity index (χ1v) is 17.6. The van der Waals surface area contributed by atoms with Gasteiger partial charge in [0.05, 0.1) is 12.6 Å². The van der Waals surface area contributed by atoms with Gasteiger partial charge in [-0.15, -0.1) is 0 Å². The van der Waals surface area contributed by atoms with E-state index < -0.39 is 140 Å². The minimum Gasteiger partial charge on any atom is -0.481 e. The molecule has 6 atom stereocenters. The maximum Gasteiger partial charge on any atom is 0.322 e. The Bertz CT molecular complexity index is 1470. The third-order valence-corrected chi connectivity index (χ3v) is 8.34. The van der Waals surface area contributed by atoms with E-state index in [2.05, 4.69) is 26.6 Å². The van der Waals surface area contributed by atoms with Crippen molar-refractivity contribution in [1.82, 2.24) is 36.8 Å². The van der Waals surface area contributed by atoms with Crippen LogP contribution in [0.15, 0.2) is 0 Å². The second-order valence-corrected chi connectivity index (χ2v) is 13.1. The zero-order chi connectivity index (χ0) is 42.0. The van der Waals surface area contributed by atoms with Gasteiger partial charge in [-0.1, -0.05) is 27.2 Å². The molecule has 55 heavy (non-hydrogen) atoms. The minimum atomic E-state index is -1.74. The highest BCUT2D eigenvalue weighted by Crippen LogP contribution is 2.21. The molecule has 22 heteroatoms. The lowest BCUT2D eigenvalue weighted by molar-refractivity contribution is -0.145. The second-order valence-electron chi connectivity index (χ2n) is 13.1. The van der Waals surface area contributed by atoms with Crippen LogP contribution in [0.5, 0.6) is 0 Å². The summed E-state index contributed by atoms with van der Waals surface area (Å²) in [6.45, 7) is 4.12. The molecule has 0 radical (unpaired) electrons. The summed E-state index contributed by atoms with van der Waals surface area (Å²) >= 11 is 0. The van der Waals surface area contributed by atoms with Gasteiger partial charge >= 0.3 is 17.9 Å². The number of carboxylic acids is 3. The number of Topliss-reactive ketones (excluding diaryl/α,β-unsaturated/α-hetero) is 1. The Morgan fingerprint density at radius 1 is 0.691 bits per heavy atom. The lowest BCUT2D eigenvalue weighted by atomic mass is 10.0. The molecule has 1 aliphatic heterocycles. The van der Waals surface area contributed by atoms with Gasteiger partial charge in [0.2, 0.25) is 41.2 Å². The quantitative estimate of drug-likeness (QED) is 0.0422. The van der Waals surface area contributed by atoms with Crippen molar-refractivity contribution >= 4 is 65.0 Å². The number of aliphatic carboxylic acids is 3. The van der Waals surface area contributed by atoms with Gasteiger partial charge in [-0.25, -0.2) is 0 Å². The molecule has 0 aliphatic carbocycles. The number of nitrogens with zero attached hydrogens (tertiary/aromatic N) is 1. The lowest BCUT2D eigenvalue weighted by Crippen LogP contribution is -2.61. The maximum atomic E-state index is 13.8. The number of hydrogen-bond donors (Lipinski definition) is 10. The maximum absolute atomic E-state index is 13.8. The molecular weight excluding hydrogens is 734 g/mol. The van der Waals surface area contributed by atoms with Crippen LogP contribution in [0.2, 0.25) is 0 Å². The third kappa shape index (κ3) is 16.1. The average molecular weight is 786 g/mol. The predicted octanol–water partition coefficient (Wildman–Crippen LogP) is -3.63. The van der Waals surface area contributed by atoms with Crippen molar-refractivity contribution in [2.24, 2.45) is 5.92 Å². The SMILES string of the molecule is CCCC(NC(=O)C1CCCN1C(=O)C(NC(=O)C(CO)NC(=O)C(CCC(=O)O)NC(=O)C(CCC(=O)O)NC(C)=O)C(C)C)C(=O)C(=O)NCC(=O)O. The fourth-order valence-corrected chi connectivity index (χ4v) is 5.53. The normalized spacial score (nSPS) is 16.3. The van der Waals surface area contributed by atoms with Crippen LogP contribution in [0.4, 0.5) is 0 Å². The molecule has 1 saturated heterocycles. The molecule has 7 amide bonds. The van der Waals surface area contributed by atoms with E-state index in [4.69, 9.17) is 10.2 Å². The molecule has 1 rings (SSSR count). The van der Waals surface area contributed by atoms with Crippen LogP contribution in [-0.2, 0) is 52.7 Å². The van der Waals surface area contributed by atoms with Crippen LogP contribution in [0.3, 0.4) is 0 Å². The van der Waals surface area contributed by atoms with Gasteiger partial charge in [0.1, 0.15) is 36.8 Å². The number of nitrogens with one attached hydrogen (secondary N) is 6. The van der Waals surface area contributed by atoms with Crippen molar-refractivity contribution in [3.8, 4) is 0 Å². The van der Waals surface area contributed by atoms with Gasteiger partial charge in [0.15, 0.2) is 0 Å². The summed E-state index contributed by atoms with van der Waals surface area (Å²) in [6.07, 6.45) is -1.16. The summed E-state index contributed by atoms with van der Waals surface area (Å²) in [5, 5.41) is 50.5. The molecule has 22 nitrogen and oxygen atoms in total. The van der Waals surface area contributed by atoms with E-state index in [-0.39, 0.29) is 25.8 Å². The van der Waals surface area contributed by atoms with Gasteiger partial charge < -0.3 is 57.2 Å². The molecule has 0 bridgehead atoms. The van der Waals surface area contributed by atoms with E-state index in [1.807, 2.05) is 5.32 Å². The molecule has 0 saturated carbocycles. The monoisotopic (exact) mass is 785 g/mol. The largest absolute Gasteiger partial charge is 0.481 e. The van der Waals surface area contributed by atoms with Crippen LogP contribution >= 0.6 is 0 Å². The van der Waals surface area contributed by atoms with E-state index in [1.54, 1.807) is 20.8 Å². The zero-order valence-corrected chi connectivity index (χ0v) is 31.0. The van der Waals surface area contributed by atoms with Gasteiger partial charge in [0, 0.05) is 26.3 Å². The first-order valence-electron chi connectivity index (χ1n) is 17.6. The van der Waals surface area contributed by atoms with E-state index in [1.165, 1.54) is 4.90 Å². The summed E-state index contributed by atoms with van der Waals surface area (Å²) in [7, 11) is 0. The number of carbonyl (C=O) groups excluding carboxylic acids is 8. The summed E-state index contributed by atoms with van der Waals surface area (Å²) in [4.78, 5) is 138. The average Bonchev–Trinajstić information content (AvgIpc) is 3.60. The van der Waals surface area contributed by atoms with Crippen LogP contribution < -0.4 is 31.9 Å². The number of hydrogen-bond acceptors (Lipinski definition) is 12.